The van der Waals surface area contributed by atoms with Crippen molar-refractivity contribution in [3.63, 3.8) is 0 Å². The third-order valence-corrected chi connectivity index (χ3v) is 2.97. The molecule has 0 heterocycles. The van der Waals surface area contributed by atoms with Crippen molar-refractivity contribution < 1.29 is 4.74 Å². The molecule has 0 aliphatic rings. The summed E-state index contributed by atoms with van der Waals surface area (Å²) < 4.78 is 6.72. The van der Waals surface area contributed by atoms with Crippen molar-refractivity contribution in [3.8, 4) is 5.75 Å². The van der Waals surface area contributed by atoms with Gasteiger partial charge >= 0.3 is 0 Å². The average Bonchev–Trinajstić information content (AvgIpc) is 2.28. The van der Waals surface area contributed by atoms with Crippen molar-refractivity contribution in [1.82, 2.24) is 0 Å². The first-order chi connectivity index (χ1) is 7.77. The number of halogens is 1. The summed E-state index contributed by atoms with van der Waals surface area (Å²) in [7, 11) is 0. The Labute approximate surface area is 106 Å². The maximum atomic E-state index is 5.60. The molecule has 0 aromatic heterocycles. The standard InChI is InChI=1S/C13H20BrNO/c1-2-16-13-8-7-12(14)10-11(13)6-4-3-5-9-15/h7-8,10H,2-6,9,15H2,1H3. The van der Waals surface area contributed by atoms with E-state index in [1.807, 2.05) is 19.1 Å². The van der Waals surface area contributed by atoms with Gasteiger partial charge in [-0.25, -0.2) is 0 Å². The van der Waals surface area contributed by atoms with Crippen LogP contribution in [0.5, 0.6) is 5.75 Å². The molecular formula is C13H20BrNO. The van der Waals surface area contributed by atoms with Crippen LogP contribution in [0.4, 0.5) is 0 Å². The first-order valence-corrected chi connectivity index (χ1v) is 6.68. The van der Waals surface area contributed by atoms with Crippen LogP contribution in [0.3, 0.4) is 0 Å². The molecule has 3 heteroatoms. The van der Waals surface area contributed by atoms with Gasteiger partial charge in [-0.05, 0) is 56.5 Å². The minimum atomic E-state index is 0.720. The number of ether oxygens (including phenoxy) is 1. The Morgan fingerprint density at radius 2 is 2.06 bits per heavy atom. The SMILES string of the molecule is CCOc1ccc(Br)cc1CCCCCN. The second kappa shape index (κ2) is 7.69. The molecule has 2 N–H and O–H groups in total. The van der Waals surface area contributed by atoms with E-state index in [9.17, 15) is 0 Å². The molecule has 2 nitrogen and oxygen atoms in total. The van der Waals surface area contributed by atoms with Gasteiger partial charge in [0.2, 0.25) is 0 Å². The van der Waals surface area contributed by atoms with Crippen LogP contribution >= 0.6 is 15.9 Å². The molecule has 0 saturated heterocycles. The summed E-state index contributed by atoms with van der Waals surface area (Å²) in [5.74, 6) is 1.01. The van der Waals surface area contributed by atoms with Crippen molar-refractivity contribution in [2.45, 2.75) is 32.6 Å². The zero-order valence-corrected chi connectivity index (χ0v) is 11.4. The number of nitrogens with two attached hydrogens (primary N) is 1. The fraction of sp³-hybridized carbons (Fsp3) is 0.538. The summed E-state index contributed by atoms with van der Waals surface area (Å²) in [6.07, 6.45) is 4.54. The van der Waals surface area contributed by atoms with Crippen LogP contribution in [0.2, 0.25) is 0 Å². The fourth-order valence-corrected chi connectivity index (χ4v) is 2.08. The summed E-state index contributed by atoms with van der Waals surface area (Å²) in [6.45, 7) is 3.52. The number of hydrogen-bond acceptors (Lipinski definition) is 2. The molecule has 0 amide bonds. The van der Waals surface area contributed by atoms with Crippen LogP contribution in [0.25, 0.3) is 0 Å². The smallest absolute Gasteiger partial charge is 0.122 e. The highest BCUT2D eigenvalue weighted by atomic mass is 79.9. The van der Waals surface area contributed by atoms with E-state index in [0.717, 1.165) is 36.2 Å². The molecule has 0 unspecified atom stereocenters. The molecule has 0 aliphatic heterocycles. The van der Waals surface area contributed by atoms with Gasteiger partial charge in [-0.15, -0.1) is 0 Å². The van der Waals surface area contributed by atoms with Crippen molar-refractivity contribution >= 4 is 15.9 Å². The Balaban J connectivity index is 2.57. The van der Waals surface area contributed by atoms with Crippen LogP contribution in [-0.4, -0.2) is 13.2 Å². The summed E-state index contributed by atoms with van der Waals surface area (Å²) in [4.78, 5) is 0. The number of rotatable bonds is 7. The number of hydrogen-bond donors (Lipinski definition) is 1. The highest BCUT2D eigenvalue weighted by molar-refractivity contribution is 9.10. The van der Waals surface area contributed by atoms with E-state index in [1.165, 1.54) is 18.4 Å². The van der Waals surface area contributed by atoms with Crippen LogP contribution in [-0.2, 0) is 6.42 Å². The van der Waals surface area contributed by atoms with Crippen LogP contribution < -0.4 is 10.5 Å². The lowest BCUT2D eigenvalue weighted by Gasteiger charge is -2.10. The molecule has 0 radical (unpaired) electrons. The molecule has 90 valence electrons. The molecule has 1 rings (SSSR count). The molecule has 0 aliphatic carbocycles. The normalized spacial score (nSPS) is 10.4. The van der Waals surface area contributed by atoms with Gasteiger partial charge in [-0.3, -0.25) is 0 Å². The van der Waals surface area contributed by atoms with Gasteiger partial charge in [0.1, 0.15) is 5.75 Å². The third-order valence-electron chi connectivity index (χ3n) is 2.47. The van der Waals surface area contributed by atoms with Crippen molar-refractivity contribution in [2.75, 3.05) is 13.2 Å². The zero-order valence-electron chi connectivity index (χ0n) is 9.84. The molecule has 0 spiro atoms. The molecule has 0 fully saturated rings. The molecule has 1 aromatic carbocycles. The van der Waals surface area contributed by atoms with Gasteiger partial charge in [0, 0.05) is 4.47 Å². The van der Waals surface area contributed by atoms with Crippen LogP contribution in [0.15, 0.2) is 22.7 Å². The second-order valence-corrected chi connectivity index (χ2v) is 4.70. The topological polar surface area (TPSA) is 35.2 Å². The fourth-order valence-electron chi connectivity index (χ4n) is 1.68. The first kappa shape index (κ1) is 13.5. The average molecular weight is 286 g/mol. The van der Waals surface area contributed by atoms with E-state index < -0.39 is 0 Å². The predicted molar refractivity (Wildman–Crippen MR) is 71.9 cm³/mol. The van der Waals surface area contributed by atoms with Crippen molar-refractivity contribution in [1.29, 1.82) is 0 Å². The lowest BCUT2D eigenvalue weighted by Crippen LogP contribution is -2.00. The number of unbranched alkanes of at least 4 members (excludes halogenated alkanes) is 2. The number of benzene rings is 1. The van der Waals surface area contributed by atoms with Gasteiger partial charge in [0.05, 0.1) is 6.61 Å². The monoisotopic (exact) mass is 285 g/mol. The molecular weight excluding hydrogens is 266 g/mol. The summed E-state index contributed by atoms with van der Waals surface area (Å²) in [5, 5.41) is 0. The molecule has 1 aromatic rings. The Kier molecular flexibility index (Phi) is 6.50. The zero-order chi connectivity index (χ0) is 11.8. The van der Waals surface area contributed by atoms with Gasteiger partial charge in [-0.2, -0.15) is 0 Å². The maximum Gasteiger partial charge on any atom is 0.122 e. The maximum absolute atomic E-state index is 5.60. The van der Waals surface area contributed by atoms with Crippen molar-refractivity contribution in [2.24, 2.45) is 5.73 Å². The Morgan fingerprint density at radius 1 is 1.25 bits per heavy atom. The third kappa shape index (κ3) is 4.54. The molecule has 0 saturated carbocycles. The second-order valence-electron chi connectivity index (χ2n) is 3.78. The van der Waals surface area contributed by atoms with E-state index in [-0.39, 0.29) is 0 Å². The Bertz CT molecular complexity index is 315. The summed E-state index contributed by atoms with van der Waals surface area (Å²) >= 11 is 3.49. The largest absolute Gasteiger partial charge is 0.494 e. The minimum absolute atomic E-state index is 0.720. The summed E-state index contributed by atoms with van der Waals surface area (Å²) in [5.41, 5.74) is 6.76. The van der Waals surface area contributed by atoms with E-state index in [1.54, 1.807) is 0 Å². The van der Waals surface area contributed by atoms with Crippen LogP contribution in [0, 0.1) is 0 Å². The molecule has 16 heavy (non-hydrogen) atoms. The van der Waals surface area contributed by atoms with Crippen molar-refractivity contribution in [3.05, 3.63) is 28.2 Å². The predicted octanol–water partition coefficient (Wildman–Crippen LogP) is 3.52. The Hall–Kier alpha value is -0.540. The molecule has 0 atom stereocenters. The Morgan fingerprint density at radius 3 is 2.75 bits per heavy atom. The highest BCUT2D eigenvalue weighted by Crippen LogP contribution is 2.25. The van der Waals surface area contributed by atoms with Gasteiger partial charge < -0.3 is 10.5 Å². The lowest BCUT2D eigenvalue weighted by atomic mass is 10.1. The van der Waals surface area contributed by atoms with E-state index >= 15 is 0 Å². The minimum Gasteiger partial charge on any atom is -0.494 e. The van der Waals surface area contributed by atoms with Gasteiger partial charge in [0.15, 0.2) is 0 Å². The lowest BCUT2D eigenvalue weighted by molar-refractivity contribution is 0.336. The van der Waals surface area contributed by atoms with Crippen LogP contribution in [0.1, 0.15) is 31.7 Å². The number of aryl methyl sites for hydroxylation is 1. The van der Waals surface area contributed by atoms with Gasteiger partial charge in [0.25, 0.3) is 0 Å². The molecule has 0 bridgehead atoms. The highest BCUT2D eigenvalue weighted by Gasteiger charge is 2.03. The van der Waals surface area contributed by atoms with E-state index in [0.29, 0.717) is 0 Å². The summed E-state index contributed by atoms with van der Waals surface area (Å²) in [6, 6.07) is 6.20. The quantitative estimate of drug-likeness (QED) is 0.778. The van der Waals surface area contributed by atoms with E-state index in [2.05, 4.69) is 22.0 Å². The van der Waals surface area contributed by atoms with Gasteiger partial charge in [-0.1, -0.05) is 22.4 Å². The van der Waals surface area contributed by atoms with E-state index in [4.69, 9.17) is 10.5 Å². The first-order valence-electron chi connectivity index (χ1n) is 5.89.